The highest BCUT2D eigenvalue weighted by Crippen LogP contribution is 2.29. The van der Waals surface area contributed by atoms with Crippen LogP contribution in [0.15, 0.2) is 24.3 Å². The zero-order valence-electron chi connectivity index (χ0n) is 11.7. The van der Waals surface area contributed by atoms with Gasteiger partial charge in [-0.25, -0.2) is 0 Å². The van der Waals surface area contributed by atoms with Crippen molar-refractivity contribution in [2.24, 2.45) is 0 Å². The molecule has 0 aliphatic carbocycles. The molecule has 0 aromatic heterocycles. The average molecular weight is 249 g/mol. The van der Waals surface area contributed by atoms with E-state index in [0.29, 0.717) is 0 Å². The van der Waals surface area contributed by atoms with Gasteiger partial charge in [-0.1, -0.05) is 13.0 Å². The molecule has 3 heteroatoms. The summed E-state index contributed by atoms with van der Waals surface area (Å²) >= 11 is 0. The van der Waals surface area contributed by atoms with E-state index >= 15 is 0 Å². The summed E-state index contributed by atoms with van der Waals surface area (Å²) in [6.07, 6.45) is 3.25. The molecule has 3 nitrogen and oxygen atoms in total. The highest BCUT2D eigenvalue weighted by atomic mass is 16.5. The van der Waals surface area contributed by atoms with Gasteiger partial charge in [-0.15, -0.1) is 0 Å². The Bertz CT molecular complexity index is 399. The Hall–Kier alpha value is -1.48. The van der Waals surface area contributed by atoms with E-state index in [1.54, 1.807) is 14.2 Å². The number of nitrogens with one attached hydrogen (secondary N) is 1. The Morgan fingerprint density at radius 1 is 1.28 bits per heavy atom. The number of methoxy groups -OCH3 is 2. The minimum Gasteiger partial charge on any atom is -0.497 e. The number of rotatable bonds is 7. The quantitative estimate of drug-likeness (QED) is 0.753. The molecule has 0 unspecified atom stereocenters. The maximum atomic E-state index is 5.40. The first-order valence-corrected chi connectivity index (χ1v) is 6.32. The molecule has 1 N–H and O–H groups in total. The maximum Gasteiger partial charge on any atom is 0.130 e. The largest absolute Gasteiger partial charge is 0.497 e. The molecular formula is C15H23NO2. The topological polar surface area (TPSA) is 30.5 Å². The molecule has 0 amide bonds. The lowest BCUT2D eigenvalue weighted by Crippen LogP contribution is -2.13. The SMILES string of the molecule is CCNCCC=C(C)c1ccc(OC)cc1OC. The predicted molar refractivity (Wildman–Crippen MR) is 76.4 cm³/mol. The molecular weight excluding hydrogens is 226 g/mol. The standard InChI is InChI=1S/C15H23NO2/c1-5-16-10-6-7-12(2)14-9-8-13(17-3)11-15(14)18-4/h7-9,11,16H,5-6,10H2,1-4H3. The van der Waals surface area contributed by atoms with Crippen LogP contribution in [0.5, 0.6) is 11.5 Å². The number of ether oxygens (including phenoxy) is 2. The van der Waals surface area contributed by atoms with Gasteiger partial charge in [0, 0.05) is 11.6 Å². The van der Waals surface area contributed by atoms with Crippen LogP contribution in [-0.2, 0) is 0 Å². The summed E-state index contributed by atoms with van der Waals surface area (Å²) in [5, 5.41) is 3.31. The van der Waals surface area contributed by atoms with Gasteiger partial charge in [0.2, 0.25) is 0 Å². The summed E-state index contributed by atoms with van der Waals surface area (Å²) in [4.78, 5) is 0. The van der Waals surface area contributed by atoms with Gasteiger partial charge in [0.1, 0.15) is 11.5 Å². The van der Waals surface area contributed by atoms with Crippen molar-refractivity contribution in [3.8, 4) is 11.5 Å². The highest BCUT2D eigenvalue weighted by Gasteiger charge is 2.06. The molecule has 100 valence electrons. The third-order valence-corrected chi connectivity index (χ3v) is 2.86. The van der Waals surface area contributed by atoms with Crippen LogP contribution in [0.2, 0.25) is 0 Å². The van der Waals surface area contributed by atoms with Crippen LogP contribution in [0.3, 0.4) is 0 Å². The lowest BCUT2D eigenvalue weighted by molar-refractivity contribution is 0.393. The van der Waals surface area contributed by atoms with Crippen LogP contribution in [0, 0.1) is 0 Å². The van der Waals surface area contributed by atoms with Crippen molar-refractivity contribution >= 4 is 5.57 Å². The summed E-state index contributed by atoms with van der Waals surface area (Å²) in [5.41, 5.74) is 2.35. The molecule has 0 aliphatic rings. The average Bonchev–Trinajstić information content (AvgIpc) is 2.42. The highest BCUT2D eigenvalue weighted by molar-refractivity contribution is 5.69. The van der Waals surface area contributed by atoms with Crippen molar-refractivity contribution in [1.29, 1.82) is 0 Å². The fraction of sp³-hybridized carbons (Fsp3) is 0.467. The smallest absolute Gasteiger partial charge is 0.130 e. The van der Waals surface area contributed by atoms with Crippen LogP contribution in [-0.4, -0.2) is 27.3 Å². The molecule has 0 spiro atoms. The Labute approximate surface area is 110 Å². The molecule has 0 saturated heterocycles. The zero-order valence-corrected chi connectivity index (χ0v) is 11.7. The Kier molecular flexibility index (Phi) is 6.29. The number of hydrogen-bond acceptors (Lipinski definition) is 3. The van der Waals surface area contributed by atoms with Crippen molar-refractivity contribution in [3.05, 3.63) is 29.8 Å². The van der Waals surface area contributed by atoms with E-state index in [9.17, 15) is 0 Å². The first-order chi connectivity index (χ1) is 8.72. The van der Waals surface area contributed by atoms with Gasteiger partial charge in [0.25, 0.3) is 0 Å². The van der Waals surface area contributed by atoms with E-state index in [1.807, 2.05) is 18.2 Å². The molecule has 0 saturated carbocycles. The fourth-order valence-corrected chi connectivity index (χ4v) is 1.80. The normalized spacial score (nSPS) is 11.4. The van der Waals surface area contributed by atoms with E-state index in [0.717, 1.165) is 36.6 Å². The monoisotopic (exact) mass is 249 g/mol. The molecule has 0 atom stereocenters. The van der Waals surface area contributed by atoms with E-state index in [2.05, 4.69) is 25.2 Å². The van der Waals surface area contributed by atoms with Crippen molar-refractivity contribution in [1.82, 2.24) is 5.32 Å². The lowest BCUT2D eigenvalue weighted by Gasteiger charge is -2.11. The van der Waals surface area contributed by atoms with Crippen molar-refractivity contribution in [2.75, 3.05) is 27.3 Å². The van der Waals surface area contributed by atoms with Gasteiger partial charge < -0.3 is 14.8 Å². The first-order valence-electron chi connectivity index (χ1n) is 6.32. The molecule has 1 aromatic rings. The zero-order chi connectivity index (χ0) is 13.4. The summed E-state index contributed by atoms with van der Waals surface area (Å²) in [6.45, 7) is 6.24. The minimum absolute atomic E-state index is 0.816. The van der Waals surface area contributed by atoms with E-state index in [4.69, 9.17) is 9.47 Å². The summed E-state index contributed by atoms with van der Waals surface area (Å²) in [6, 6.07) is 5.91. The van der Waals surface area contributed by atoms with Gasteiger partial charge >= 0.3 is 0 Å². The van der Waals surface area contributed by atoms with Gasteiger partial charge in [0.05, 0.1) is 14.2 Å². The van der Waals surface area contributed by atoms with Crippen LogP contribution in [0.1, 0.15) is 25.8 Å². The molecule has 18 heavy (non-hydrogen) atoms. The predicted octanol–water partition coefficient (Wildman–Crippen LogP) is 3.11. The molecule has 1 rings (SSSR count). The summed E-state index contributed by atoms with van der Waals surface area (Å²) < 4.78 is 10.6. The lowest BCUT2D eigenvalue weighted by atomic mass is 10.0. The van der Waals surface area contributed by atoms with E-state index in [1.165, 1.54) is 5.57 Å². The molecule has 0 bridgehead atoms. The van der Waals surface area contributed by atoms with E-state index < -0.39 is 0 Å². The Morgan fingerprint density at radius 2 is 2.06 bits per heavy atom. The number of benzene rings is 1. The Morgan fingerprint density at radius 3 is 2.67 bits per heavy atom. The van der Waals surface area contributed by atoms with Crippen molar-refractivity contribution < 1.29 is 9.47 Å². The van der Waals surface area contributed by atoms with Crippen molar-refractivity contribution in [2.45, 2.75) is 20.3 Å². The third kappa shape index (κ3) is 4.08. The van der Waals surface area contributed by atoms with Crippen LogP contribution in [0.4, 0.5) is 0 Å². The molecule has 0 heterocycles. The van der Waals surface area contributed by atoms with Gasteiger partial charge in [-0.05, 0) is 44.1 Å². The molecule has 1 aromatic carbocycles. The Balaban J connectivity index is 2.80. The number of hydrogen-bond donors (Lipinski definition) is 1. The second-order valence-corrected chi connectivity index (χ2v) is 4.10. The van der Waals surface area contributed by atoms with Gasteiger partial charge in [-0.3, -0.25) is 0 Å². The van der Waals surface area contributed by atoms with Gasteiger partial charge in [0.15, 0.2) is 0 Å². The third-order valence-electron chi connectivity index (χ3n) is 2.86. The fourth-order valence-electron chi connectivity index (χ4n) is 1.80. The first kappa shape index (κ1) is 14.6. The van der Waals surface area contributed by atoms with E-state index in [-0.39, 0.29) is 0 Å². The summed E-state index contributed by atoms with van der Waals surface area (Å²) in [5.74, 6) is 1.67. The van der Waals surface area contributed by atoms with Crippen LogP contribution in [0.25, 0.3) is 5.57 Å². The molecule has 0 aliphatic heterocycles. The van der Waals surface area contributed by atoms with Crippen molar-refractivity contribution in [3.63, 3.8) is 0 Å². The molecule has 0 radical (unpaired) electrons. The van der Waals surface area contributed by atoms with Crippen LogP contribution >= 0.6 is 0 Å². The molecule has 0 fully saturated rings. The number of allylic oxidation sites excluding steroid dienone is 1. The second kappa shape index (κ2) is 7.77. The second-order valence-electron chi connectivity index (χ2n) is 4.10. The van der Waals surface area contributed by atoms with Crippen LogP contribution < -0.4 is 14.8 Å². The minimum atomic E-state index is 0.816. The summed E-state index contributed by atoms with van der Waals surface area (Å²) in [7, 11) is 3.34. The van der Waals surface area contributed by atoms with Gasteiger partial charge in [-0.2, -0.15) is 0 Å². The maximum absolute atomic E-state index is 5.40.